The highest BCUT2D eigenvalue weighted by molar-refractivity contribution is 5.82. The number of nitrogens with zero attached hydrogens (tertiary/aromatic N) is 2. The van der Waals surface area contributed by atoms with Crippen molar-refractivity contribution in [3.05, 3.63) is 87.5 Å². The van der Waals surface area contributed by atoms with Crippen LogP contribution in [0.3, 0.4) is 0 Å². The highest BCUT2D eigenvalue weighted by atomic mass is 15.2. The summed E-state index contributed by atoms with van der Waals surface area (Å²) in [5.41, 5.74) is 21.6. The summed E-state index contributed by atoms with van der Waals surface area (Å²) in [6.07, 6.45) is 17.7. The van der Waals surface area contributed by atoms with Crippen molar-refractivity contribution in [2.45, 2.75) is 124 Å². The van der Waals surface area contributed by atoms with E-state index in [1.807, 2.05) is 0 Å². The van der Waals surface area contributed by atoms with Gasteiger partial charge in [0.2, 0.25) is 11.4 Å². The molecule has 0 fully saturated rings. The Morgan fingerprint density at radius 3 is 1.24 bits per heavy atom. The summed E-state index contributed by atoms with van der Waals surface area (Å²) in [5, 5.41) is 0. The van der Waals surface area contributed by atoms with Gasteiger partial charge in [-0.1, -0.05) is 96.9 Å². The van der Waals surface area contributed by atoms with Gasteiger partial charge in [-0.15, -0.1) is 0 Å². The Bertz CT molecular complexity index is 1040. The van der Waals surface area contributed by atoms with Gasteiger partial charge in [-0.25, -0.2) is 4.70 Å². The predicted molar refractivity (Wildman–Crippen MR) is 160 cm³/mol. The van der Waals surface area contributed by atoms with E-state index in [0.29, 0.717) is 0 Å². The van der Waals surface area contributed by atoms with Crippen LogP contribution in [0.4, 0.5) is 0 Å². The van der Waals surface area contributed by atoms with Crippen LogP contribution in [0.5, 0.6) is 0 Å². The molecule has 0 atom stereocenters. The number of hydrogen-bond donors (Lipinski definition) is 0. The van der Waals surface area contributed by atoms with Crippen LogP contribution in [-0.2, 0) is 12.8 Å². The zero-order valence-corrected chi connectivity index (χ0v) is 24.1. The lowest BCUT2D eigenvalue weighted by molar-refractivity contribution is -0.345. The van der Waals surface area contributed by atoms with Crippen molar-refractivity contribution >= 4 is 11.4 Å². The van der Waals surface area contributed by atoms with E-state index < -0.39 is 0 Å². The van der Waals surface area contributed by atoms with Gasteiger partial charge in [-0.3, -0.25) is 0 Å². The summed E-state index contributed by atoms with van der Waals surface area (Å²) >= 11 is 0. The lowest BCUT2D eigenvalue weighted by Crippen LogP contribution is -2.03. The molecule has 0 unspecified atom stereocenters. The van der Waals surface area contributed by atoms with Crippen LogP contribution in [0.1, 0.15) is 133 Å². The molecule has 0 amide bonds. The molecule has 2 nitrogen and oxygen atoms in total. The second-order valence-electron chi connectivity index (χ2n) is 10.8. The minimum atomic E-state index is 1.01. The SMILES string of the molecule is CCCCCCC1=C(c2ccc(CCCC)cc2)[N+](=[N-])C(c2ccc(CCCC)cc2)=C1CCCCC. The minimum Gasteiger partial charge on any atom is -0.493 e. The third kappa shape index (κ3) is 8.00. The normalized spacial score (nSPS) is 13.8. The molecule has 0 aliphatic carbocycles. The van der Waals surface area contributed by atoms with Gasteiger partial charge in [0, 0.05) is 22.3 Å². The molecular weight excluding hydrogens is 448 g/mol. The predicted octanol–water partition coefficient (Wildman–Crippen LogP) is 11.1. The van der Waals surface area contributed by atoms with Gasteiger partial charge in [-0.2, -0.15) is 0 Å². The Kier molecular flexibility index (Phi) is 12.3. The lowest BCUT2D eigenvalue weighted by atomic mass is 9.91. The van der Waals surface area contributed by atoms with Crippen LogP contribution in [-0.4, -0.2) is 4.70 Å². The Labute approximate surface area is 227 Å². The summed E-state index contributed by atoms with van der Waals surface area (Å²) in [6.45, 7) is 9.03. The van der Waals surface area contributed by atoms with Crippen molar-refractivity contribution in [1.82, 2.24) is 0 Å². The van der Waals surface area contributed by atoms with E-state index in [-0.39, 0.29) is 0 Å². The van der Waals surface area contributed by atoms with Gasteiger partial charge in [0.25, 0.3) is 0 Å². The molecule has 3 rings (SSSR count). The quantitative estimate of drug-likeness (QED) is 0.153. The van der Waals surface area contributed by atoms with Crippen molar-refractivity contribution in [2.24, 2.45) is 0 Å². The van der Waals surface area contributed by atoms with Gasteiger partial charge in [0.1, 0.15) is 0 Å². The first-order valence-corrected chi connectivity index (χ1v) is 15.3. The zero-order chi connectivity index (χ0) is 26.5. The van der Waals surface area contributed by atoms with Gasteiger partial charge in [0.05, 0.1) is 0 Å². The third-order valence-electron chi connectivity index (χ3n) is 7.76. The molecule has 2 aromatic rings. The molecule has 0 saturated carbocycles. The Morgan fingerprint density at radius 1 is 0.459 bits per heavy atom. The fourth-order valence-electron chi connectivity index (χ4n) is 5.49. The van der Waals surface area contributed by atoms with E-state index in [1.54, 1.807) is 4.70 Å². The van der Waals surface area contributed by atoms with Crippen LogP contribution >= 0.6 is 0 Å². The second kappa shape index (κ2) is 15.7. The molecule has 1 heterocycles. The first-order valence-electron chi connectivity index (χ1n) is 15.3. The van der Waals surface area contributed by atoms with Crippen molar-refractivity contribution in [2.75, 3.05) is 0 Å². The molecule has 0 spiro atoms. The molecule has 0 radical (unpaired) electrons. The van der Waals surface area contributed by atoms with Crippen molar-refractivity contribution in [1.29, 1.82) is 0 Å². The maximum Gasteiger partial charge on any atom is 0.211 e. The zero-order valence-electron chi connectivity index (χ0n) is 24.1. The number of allylic oxidation sites excluding steroid dienone is 2. The van der Waals surface area contributed by atoms with E-state index in [1.165, 1.54) is 92.9 Å². The maximum absolute atomic E-state index is 11.8. The number of hydrogen-bond acceptors (Lipinski definition) is 0. The van der Waals surface area contributed by atoms with Crippen molar-refractivity contribution in [3.63, 3.8) is 0 Å². The topological polar surface area (TPSA) is 25.3 Å². The van der Waals surface area contributed by atoms with Gasteiger partial charge >= 0.3 is 0 Å². The Hall–Kier alpha value is -2.48. The largest absolute Gasteiger partial charge is 0.493 e. The Morgan fingerprint density at radius 2 is 0.838 bits per heavy atom. The van der Waals surface area contributed by atoms with Crippen LogP contribution in [0.15, 0.2) is 59.7 Å². The molecule has 2 aromatic carbocycles. The average Bonchev–Trinajstić information content (AvgIpc) is 3.20. The van der Waals surface area contributed by atoms with Crippen molar-refractivity contribution < 1.29 is 4.70 Å². The number of unbranched alkanes of at least 4 members (excludes halogenated alkanes) is 7. The molecule has 0 N–H and O–H groups in total. The molecule has 0 saturated heterocycles. The molecule has 0 aromatic heterocycles. The first-order chi connectivity index (χ1) is 18.1. The van der Waals surface area contributed by atoms with E-state index in [9.17, 15) is 5.53 Å². The summed E-state index contributed by atoms with van der Waals surface area (Å²) in [4.78, 5) is 0. The first kappa shape index (κ1) is 29.1. The molecule has 1 aliphatic heterocycles. The fourth-order valence-corrected chi connectivity index (χ4v) is 5.49. The van der Waals surface area contributed by atoms with E-state index in [0.717, 1.165) is 48.2 Å². The maximum atomic E-state index is 11.8. The standard InChI is InChI=1S/C35H50N2/c1-5-9-13-15-19-33-32(18-14-10-6-2)34(30-24-20-28(21-25-30)16-11-7-3)37(36)35(33)31-26-22-29(23-27-31)17-12-8-4/h20-27H,5-19H2,1-4H3. The fraction of sp³-hybridized carbons (Fsp3) is 0.543. The van der Waals surface area contributed by atoms with Crippen LogP contribution in [0.25, 0.3) is 16.9 Å². The average molecular weight is 499 g/mol. The highest BCUT2D eigenvalue weighted by Gasteiger charge is 2.35. The van der Waals surface area contributed by atoms with E-state index >= 15 is 0 Å². The molecule has 37 heavy (non-hydrogen) atoms. The van der Waals surface area contributed by atoms with E-state index in [2.05, 4.69) is 76.2 Å². The van der Waals surface area contributed by atoms with Gasteiger partial charge in [-0.05, 0) is 86.8 Å². The summed E-state index contributed by atoms with van der Waals surface area (Å²) < 4.78 is 1.54. The smallest absolute Gasteiger partial charge is 0.211 e. The molecule has 1 aliphatic rings. The number of aryl methyl sites for hydroxylation is 2. The summed E-state index contributed by atoms with van der Waals surface area (Å²) in [7, 11) is 0. The van der Waals surface area contributed by atoms with Crippen LogP contribution in [0, 0.1) is 0 Å². The van der Waals surface area contributed by atoms with Crippen LogP contribution in [0.2, 0.25) is 0 Å². The molecule has 2 heteroatoms. The Balaban J connectivity index is 2.01. The molecule has 200 valence electrons. The molecule has 0 bridgehead atoms. The third-order valence-corrected chi connectivity index (χ3v) is 7.76. The minimum absolute atomic E-state index is 1.01. The van der Waals surface area contributed by atoms with E-state index in [4.69, 9.17) is 0 Å². The molecular formula is C35H50N2. The van der Waals surface area contributed by atoms with Gasteiger partial charge < -0.3 is 5.53 Å². The monoisotopic (exact) mass is 498 g/mol. The number of rotatable bonds is 17. The summed E-state index contributed by atoms with van der Waals surface area (Å²) in [6, 6.07) is 18.0. The number of benzene rings is 2. The summed E-state index contributed by atoms with van der Waals surface area (Å²) in [5.74, 6) is 0. The van der Waals surface area contributed by atoms with Gasteiger partial charge in [0.15, 0.2) is 0 Å². The van der Waals surface area contributed by atoms with Crippen LogP contribution < -0.4 is 0 Å². The van der Waals surface area contributed by atoms with Crippen molar-refractivity contribution in [3.8, 4) is 0 Å². The second-order valence-corrected chi connectivity index (χ2v) is 10.8. The highest BCUT2D eigenvalue weighted by Crippen LogP contribution is 2.44. The lowest BCUT2D eigenvalue weighted by Gasteiger charge is -2.11.